The molecule has 108 valence electrons. The first-order valence-electron chi connectivity index (χ1n) is 6.08. The highest BCUT2D eigenvalue weighted by atomic mass is 16.6. The van der Waals surface area contributed by atoms with Crippen molar-refractivity contribution < 1.29 is 19.6 Å². The molecule has 1 fully saturated rings. The third-order valence-electron chi connectivity index (χ3n) is 3.42. The van der Waals surface area contributed by atoms with E-state index in [0.717, 1.165) is 0 Å². The number of hydrogen-bond donors (Lipinski definition) is 1. The number of carboxylic acids is 1. The standard InChI is InChI=1S/C12H15N3O5/c1-7-9(15(18)19)3-4-11(13-7)14-6-8(20-2)5-10(14)12(16)17/h3-4,8,10H,5-6H2,1-2H3,(H,16,17). The van der Waals surface area contributed by atoms with E-state index in [2.05, 4.69) is 4.98 Å². The van der Waals surface area contributed by atoms with Crippen molar-refractivity contribution in [2.45, 2.75) is 25.5 Å². The molecule has 0 aliphatic carbocycles. The Bertz CT molecular complexity index is 548. The van der Waals surface area contributed by atoms with Gasteiger partial charge in [-0.2, -0.15) is 0 Å². The van der Waals surface area contributed by atoms with Gasteiger partial charge < -0.3 is 14.7 Å². The van der Waals surface area contributed by atoms with E-state index in [0.29, 0.717) is 18.8 Å². The Morgan fingerprint density at radius 3 is 2.80 bits per heavy atom. The Morgan fingerprint density at radius 2 is 2.30 bits per heavy atom. The number of methoxy groups -OCH3 is 1. The largest absolute Gasteiger partial charge is 0.480 e. The van der Waals surface area contributed by atoms with Gasteiger partial charge in [0, 0.05) is 26.1 Å². The number of aliphatic carboxylic acids is 1. The average molecular weight is 281 g/mol. The highest BCUT2D eigenvalue weighted by Crippen LogP contribution is 2.28. The Labute approximate surface area is 115 Å². The summed E-state index contributed by atoms with van der Waals surface area (Å²) in [5, 5.41) is 20.0. The van der Waals surface area contributed by atoms with E-state index in [9.17, 15) is 20.0 Å². The van der Waals surface area contributed by atoms with Gasteiger partial charge in [0.25, 0.3) is 5.69 Å². The second kappa shape index (κ2) is 5.41. The van der Waals surface area contributed by atoms with Gasteiger partial charge in [0.1, 0.15) is 17.6 Å². The predicted octanol–water partition coefficient (Wildman–Crippen LogP) is 0.977. The van der Waals surface area contributed by atoms with E-state index in [-0.39, 0.29) is 17.5 Å². The van der Waals surface area contributed by atoms with Crippen LogP contribution in [-0.4, -0.2) is 46.8 Å². The van der Waals surface area contributed by atoms with Crippen molar-refractivity contribution in [2.24, 2.45) is 0 Å². The van der Waals surface area contributed by atoms with Gasteiger partial charge in [0.2, 0.25) is 0 Å². The summed E-state index contributed by atoms with van der Waals surface area (Å²) < 4.78 is 5.19. The van der Waals surface area contributed by atoms with E-state index < -0.39 is 16.9 Å². The Balaban J connectivity index is 2.32. The van der Waals surface area contributed by atoms with Crippen LogP contribution in [0.25, 0.3) is 0 Å². The molecule has 2 heterocycles. The number of carboxylic acid groups (broad SMARTS) is 1. The van der Waals surface area contributed by atoms with Gasteiger partial charge in [-0.1, -0.05) is 0 Å². The molecule has 2 rings (SSSR count). The third kappa shape index (κ3) is 2.55. The summed E-state index contributed by atoms with van der Waals surface area (Å²) in [5.41, 5.74) is 0.181. The fraction of sp³-hybridized carbons (Fsp3) is 0.500. The molecule has 0 amide bonds. The van der Waals surface area contributed by atoms with Crippen molar-refractivity contribution in [2.75, 3.05) is 18.6 Å². The van der Waals surface area contributed by atoms with Gasteiger partial charge in [-0.25, -0.2) is 9.78 Å². The van der Waals surface area contributed by atoms with E-state index in [1.165, 1.54) is 26.2 Å². The first kappa shape index (κ1) is 14.2. The number of anilines is 1. The number of nitro groups is 1. The molecule has 1 saturated heterocycles. The van der Waals surface area contributed by atoms with Gasteiger partial charge in [0.05, 0.1) is 11.0 Å². The molecule has 1 aliphatic heterocycles. The van der Waals surface area contributed by atoms with Gasteiger partial charge in [-0.3, -0.25) is 10.1 Å². The Hall–Kier alpha value is -2.22. The normalized spacial score (nSPS) is 22.0. The molecule has 0 aromatic carbocycles. The van der Waals surface area contributed by atoms with E-state index in [1.54, 1.807) is 4.90 Å². The quantitative estimate of drug-likeness (QED) is 0.647. The van der Waals surface area contributed by atoms with E-state index in [1.807, 2.05) is 0 Å². The second-order valence-electron chi connectivity index (χ2n) is 4.63. The minimum absolute atomic E-state index is 0.0805. The zero-order chi connectivity index (χ0) is 14.9. The topological polar surface area (TPSA) is 106 Å². The summed E-state index contributed by atoms with van der Waals surface area (Å²) in [7, 11) is 1.53. The molecule has 0 bridgehead atoms. The lowest BCUT2D eigenvalue weighted by Gasteiger charge is -2.22. The maximum Gasteiger partial charge on any atom is 0.326 e. The van der Waals surface area contributed by atoms with Crippen LogP contribution in [0.5, 0.6) is 0 Å². The summed E-state index contributed by atoms with van der Waals surface area (Å²) >= 11 is 0. The second-order valence-corrected chi connectivity index (χ2v) is 4.63. The van der Waals surface area contributed by atoms with Gasteiger partial charge in [-0.15, -0.1) is 0 Å². The van der Waals surface area contributed by atoms with Crippen LogP contribution in [0.2, 0.25) is 0 Å². The molecule has 1 aliphatic rings. The summed E-state index contributed by atoms with van der Waals surface area (Å²) in [4.78, 5) is 27.3. The predicted molar refractivity (Wildman–Crippen MR) is 69.8 cm³/mol. The highest BCUT2D eigenvalue weighted by Gasteiger charge is 2.38. The molecule has 0 radical (unpaired) electrons. The molecule has 8 heteroatoms. The van der Waals surface area contributed by atoms with Crippen LogP contribution >= 0.6 is 0 Å². The average Bonchev–Trinajstić information content (AvgIpc) is 2.82. The number of carbonyl (C=O) groups is 1. The first-order valence-corrected chi connectivity index (χ1v) is 6.08. The Morgan fingerprint density at radius 1 is 1.60 bits per heavy atom. The van der Waals surface area contributed by atoms with E-state index in [4.69, 9.17) is 4.74 Å². The van der Waals surface area contributed by atoms with Crippen LogP contribution in [0.3, 0.4) is 0 Å². The smallest absolute Gasteiger partial charge is 0.326 e. The van der Waals surface area contributed by atoms with E-state index >= 15 is 0 Å². The Kier molecular flexibility index (Phi) is 3.84. The molecule has 2 atom stereocenters. The number of nitrogens with zero attached hydrogens (tertiary/aromatic N) is 3. The summed E-state index contributed by atoms with van der Waals surface area (Å²) in [6.07, 6.45) is 0.178. The highest BCUT2D eigenvalue weighted by molar-refractivity contribution is 5.78. The lowest BCUT2D eigenvalue weighted by Crippen LogP contribution is -2.36. The maximum atomic E-state index is 11.3. The molecule has 1 N–H and O–H groups in total. The maximum absolute atomic E-state index is 11.3. The van der Waals surface area contributed by atoms with Crippen LogP contribution in [0.1, 0.15) is 12.1 Å². The van der Waals surface area contributed by atoms with Crippen molar-refractivity contribution in [3.8, 4) is 0 Å². The van der Waals surface area contributed by atoms with Crippen molar-refractivity contribution in [3.63, 3.8) is 0 Å². The molecule has 0 spiro atoms. The molecule has 20 heavy (non-hydrogen) atoms. The molecule has 1 aromatic rings. The number of ether oxygens (including phenoxy) is 1. The number of aryl methyl sites for hydroxylation is 1. The number of aromatic nitrogens is 1. The minimum Gasteiger partial charge on any atom is -0.480 e. The van der Waals surface area contributed by atoms with Crippen LogP contribution in [0.15, 0.2) is 12.1 Å². The molecule has 8 nitrogen and oxygen atoms in total. The zero-order valence-electron chi connectivity index (χ0n) is 11.1. The number of pyridine rings is 1. The fourth-order valence-electron chi connectivity index (χ4n) is 2.35. The molecule has 2 unspecified atom stereocenters. The van der Waals surface area contributed by atoms with Crippen LogP contribution in [0.4, 0.5) is 11.5 Å². The van der Waals surface area contributed by atoms with Crippen molar-refractivity contribution in [1.29, 1.82) is 0 Å². The molecular weight excluding hydrogens is 266 g/mol. The van der Waals surface area contributed by atoms with Crippen molar-refractivity contribution in [3.05, 3.63) is 27.9 Å². The lowest BCUT2D eigenvalue weighted by atomic mass is 10.2. The van der Waals surface area contributed by atoms with Crippen molar-refractivity contribution in [1.82, 2.24) is 4.98 Å². The molecule has 0 saturated carbocycles. The molecule has 1 aromatic heterocycles. The summed E-state index contributed by atoms with van der Waals surface area (Å²) in [5.74, 6) is -0.539. The van der Waals surface area contributed by atoms with Gasteiger partial charge in [-0.05, 0) is 13.0 Å². The third-order valence-corrected chi connectivity index (χ3v) is 3.42. The fourth-order valence-corrected chi connectivity index (χ4v) is 2.35. The lowest BCUT2D eigenvalue weighted by molar-refractivity contribution is -0.385. The SMILES string of the molecule is COC1CC(C(=O)O)N(c2ccc([N+](=O)[O-])c(C)n2)C1. The minimum atomic E-state index is -0.956. The summed E-state index contributed by atoms with van der Waals surface area (Å²) in [6, 6.07) is 2.09. The number of rotatable bonds is 4. The van der Waals surface area contributed by atoms with Crippen LogP contribution in [0, 0.1) is 17.0 Å². The molecular formula is C12H15N3O5. The van der Waals surface area contributed by atoms with Gasteiger partial charge in [0.15, 0.2) is 0 Å². The monoisotopic (exact) mass is 281 g/mol. The van der Waals surface area contributed by atoms with Crippen LogP contribution < -0.4 is 4.90 Å². The van der Waals surface area contributed by atoms with Gasteiger partial charge >= 0.3 is 5.97 Å². The van der Waals surface area contributed by atoms with Crippen LogP contribution in [-0.2, 0) is 9.53 Å². The summed E-state index contributed by atoms with van der Waals surface area (Å²) in [6.45, 7) is 1.93. The number of hydrogen-bond acceptors (Lipinski definition) is 6. The first-order chi connectivity index (χ1) is 9.43. The van der Waals surface area contributed by atoms with Crippen molar-refractivity contribution >= 4 is 17.5 Å². The zero-order valence-corrected chi connectivity index (χ0v) is 11.1.